The molecule has 2 aromatic heterocycles. The Labute approximate surface area is 154 Å². The minimum absolute atomic E-state index is 0.220. The molecule has 1 saturated heterocycles. The van der Waals surface area contributed by atoms with Crippen LogP contribution < -0.4 is 9.62 Å². The lowest BCUT2D eigenvalue weighted by Gasteiger charge is -2.52. The summed E-state index contributed by atoms with van der Waals surface area (Å²) in [4.78, 5) is 20.1. The average molecular weight is 377 g/mol. The summed E-state index contributed by atoms with van der Waals surface area (Å²) < 4.78 is 24.4. The summed E-state index contributed by atoms with van der Waals surface area (Å²) in [6.07, 6.45) is 4.13. The van der Waals surface area contributed by atoms with Gasteiger partial charge in [0.1, 0.15) is 5.82 Å². The minimum atomic E-state index is -3.09. The normalized spacial score (nSPS) is 18.4. The number of hydrogen-bond donors (Lipinski definition) is 3. The number of carbonyl (C=O) groups is 1. The van der Waals surface area contributed by atoms with Crippen molar-refractivity contribution in [3.63, 3.8) is 0 Å². The standard InChI is InChI=1S/C17H23N5O3S/c1-12-16(22-10-4-9-21(3)26(22,24)25)11-15(14-5-7-18-8-6-14)17(19-12)20-13(2)23/h5-8,11,24-25H,4,9-10H2,1-3H3,(H,19,20,23). The van der Waals surface area contributed by atoms with Crippen LogP contribution in [0.2, 0.25) is 0 Å². The summed E-state index contributed by atoms with van der Waals surface area (Å²) in [6, 6.07) is 5.49. The van der Waals surface area contributed by atoms with Crippen molar-refractivity contribution in [2.75, 3.05) is 29.8 Å². The van der Waals surface area contributed by atoms with Gasteiger partial charge in [0.15, 0.2) is 0 Å². The van der Waals surface area contributed by atoms with E-state index in [2.05, 4.69) is 15.3 Å². The number of aryl methyl sites for hydroxylation is 1. The number of rotatable bonds is 3. The van der Waals surface area contributed by atoms with Gasteiger partial charge >= 0.3 is 0 Å². The molecule has 3 heterocycles. The maximum atomic E-state index is 11.6. The molecule has 1 aliphatic rings. The summed E-state index contributed by atoms with van der Waals surface area (Å²) in [7, 11) is -1.39. The highest BCUT2D eigenvalue weighted by Gasteiger charge is 2.33. The molecule has 140 valence electrons. The topological polar surface area (TPSA) is 102 Å². The van der Waals surface area contributed by atoms with Crippen molar-refractivity contribution in [2.45, 2.75) is 20.3 Å². The van der Waals surface area contributed by atoms with Gasteiger partial charge in [0.2, 0.25) is 5.91 Å². The number of nitrogens with zero attached hydrogens (tertiary/aromatic N) is 4. The van der Waals surface area contributed by atoms with Crippen LogP contribution in [-0.2, 0) is 4.79 Å². The molecule has 1 fully saturated rings. The Bertz CT molecular complexity index is 816. The number of pyridine rings is 2. The molecule has 1 aliphatic heterocycles. The number of amides is 1. The summed E-state index contributed by atoms with van der Waals surface area (Å²) in [6.45, 7) is 4.36. The number of hydrogen-bond acceptors (Lipinski definition) is 7. The van der Waals surface area contributed by atoms with Crippen molar-refractivity contribution in [2.24, 2.45) is 0 Å². The van der Waals surface area contributed by atoms with Gasteiger partial charge in [-0.05, 0) is 37.1 Å². The van der Waals surface area contributed by atoms with Crippen LogP contribution in [0.4, 0.5) is 11.5 Å². The molecular weight excluding hydrogens is 354 g/mol. The number of carbonyl (C=O) groups excluding carboxylic acids is 1. The molecule has 0 spiro atoms. The van der Waals surface area contributed by atoms with Crippen molar-refractivity contribution in [3.8, 4) is 11.1 Å². The Hall–Kier alpha value is -2.20. The Morgan fingerprint density at radius 3 is 2.62 bits per heavy atom. The number of aromatic nitrogens is 2. The second kappa shape index (κ2) is 7.20. The van der Waals surface area contributed by atoms with Crippen LogP contribution in [0.15, 0.2) is 30.6 Å². The van der Waals surface area contributed by atoms with Gasteiger partial charge in [-0.3, -0.25) is 23.2 Å². The van der Waals surface area contributed by atoms with E-state index in [1.54, 1.807) is 35.0 Å². The predicted octanol–water partition coefficient (Wildman–Crippen LogP) is 3.13. The van der Waals surface area contributed by atoms with E-state index in [9.17, 15) is 13.9 Å². The maximum absolute atomic E-state index is 11.6. The second-order valence-electron chi connectivity index (χ2n) is 6.20. The van der Waals surface area contributed by atoms with Crippen LogP contribution in [0, 0.1) is 6.92 Å². The van der Waals surface area contributed by atoms with Crippen molar-refractivity contribution in [3.05, 3.63) is 36.3 Å². The van der Waals surface area contributed by atoms with E-state index in [1.165, 1.54) is 6.92 Å². The fourth-order valence-corrected chi connectivity index (χ4v) is 4.50. The van der Waals surface area contributed by atoms with Gasteiger partial charge in [-0.1, -0.05) is 11.0 Å². The first-order valence-corrected chi connectivity index (χ1v) is 9.73. The molecule has 3 N–H and O–H groups in total. The SMILES string of the molecule is CC(=O)Nc1nc(C)c(N2CCCN(C)S2(O)O)cc1-c1ccncc1. The molecule has 8 nitrogen and oxygen atoms in total. The van der Waals surface area contributed by atoms with E-state index < -0.39 is 11.0 Å². The number of nitrogens with one attached hydrogen (secondary N) is 1. The first-order chi connectivity index (χ1) is 12.3. The highest BCUT2D eigenvalue weighted by Crippen LogP contribution is 2.52. The molecule has 1 amide bonds. The highest BCUT2D eigenvalue weighted by atomic mass is 32.3. The van der Waals surface area contributed by atoms with Gasteiger partial charge in [-0.25, -0.2) is 4.98 Å². The molecule has 0 aliphatic carbocycles. The van der Waals surface area contributed by atoms with Gasteiger partial charge in [0.25, 0.3) is 0 Å². The Balaban J connectivity index is 2.14. The molecule has 0 unspecified atom stereocenters. The van der Waals surface area contributed by atoms with Crippen molar-refractivity contribution < 1.29 is 13.9 Å². The predicted molar refractivity (Wildman–Crippen MR) is 104 cm³/mol. The fraction of sp³-hybridized carbons (Fsp3) is 0.353. The zero-order valence-corrected chi connectivity index (χ0v) is 15.8. The van der Waals surface area contributed by atoms with Crippen LogP contribution in [0.1, 0.15) is 19.0 Å². The van der Waals surface area contributed by atoms with E-state index in [-0.39, 0.29) is 5.91 Å². The van der Waals surface area contributed by atoms with E-state index in [1.807, 2.05) is 18.2 Å². The lowest BCUT2D eigenvalue weighted by molar-refractivity contribution is -0.114. The van der Waals surface area contributed by atoms with Crippen LogP contribution in [0.3, 0.4) is 0 Å². The second-order valence-corrected chi connectivity index (χ2v) is 8.25. The quantitative estimate of drug-likeness (QED) is 0.755. The zero-order valence-electron chi connectivity index (χ0n) is 15.0. The third-order valence-electron chi connectivity index (χ3n) is 4.29. The molecule has 26 heavy (non-hydrogen) atoms. The lowest BCUT2D eigenvalue weighted by Crippen LogP contribution is -2.44. The van der Waals surface area contributed by atoms with Crippen molar-refractivity contribution in [1.82, 2.24) is 14.3 Å². The summed E-state index contributed by atoms with van der Waals surface area (Å²) >= 11 is 0. The Morgan fingerprint density at radius 2 is 1.96 bits per heavy atom. The van der Waals surface area contributed by atoms with Gasteiger partial charge in [-0.2, -0.15) is 4.31 Å². The molecular formula is C17H23N5O3S. The molecule has 0 aromatic carbocycles. The maximum Gasteiger partial charge on any atom is 0.222 e. The van der Waals surface area contributed by atoms with Gasteiger partial charge in [-0.15, -0.1) is 0 Å². The molecule has 0 bridgehead atoms. The first kappa shape index (κ1) is 18.6. The molecule has 9 heteroatoms. The smallest absolute Gasteiger partial charge is 0.222 e. The van der Waals surface area contributed by atoms with Crippen molar-refractivity contribution in [1.29, 1.82) is 0 Å². The fourth-order valence-electron chi connectivity index (χ4n) is 2.96. The zero-order chi connectivity index (χ0) is 18.9. The largest absolute Gasteiger partial charge is 0.310 e. The van der Waals surface area contributed by atoms with Crippen LogP contribution in [-0.4, -0.2) is 49.4 Å². The Kier molecular flexibility index (Phi) is 5.15. The minimum Gasteiger partial charge on any atom is -0.310 e. The summed E-state index contributed by atoms with van der Waals surface area (Å²) in [5.41, 5.74) is 2.78. The molecule has 0 saturated carbocycles. The summed E-state index contributed by atoms with van der Waals surface area (Å²) in [5, 5.41) is 2.75. The summed E-state index contributed by atoms with van der Waals surface area (Å²) in [5.74, 6) is 0.216. The van der Waals surface area contributed by atoms with Gasteiger partial charge in [0, 0.05) is 45.0 Å². The molecule has 0 atom stereocenters. The monoisotopic (exact) mass is 377 g/mol. The van der Waals surface area contributed by atoms with Crippen LogP contribution in [0.25, 0.3) is 11.1 Å². The molecule has 0 radical (unpaired) electrons. The highest BCUT2D eigenvalue weighted by molar-refractivity contribution is 8.23. The van der Waals surface area contributed by atoms with Crippen LogP contribution >= 0.6 is 11.0 Å². The van der Waals surface area contributed by atoms with E-state index in [0.29, 0.717) is 35.9 Å². The van der Waals surface area contributed by atoms with Crippen molar-refractivity contribution >= 4 is 28.4 Å². The lowest BCUT2D eigenvalue weighted by atomic mass is 10.1. The van der Waals surface area contributed by atoms with E-state index in [4.69, 9.17) is 0 Å². The average Bonchev–Trinajstić information content (AvgIpc) is 2.58. The van der Waals surface area contributed by atoms with E-state index >= 15 is 0 Å². The Morgan fingerprint density at radius 1 is 1.27 bits per heavy atom. The van der Waals surface area contributed by atoms with E-state index in [0.717, 1.165) is 12.0 Å². The third kappa shape index (κ3) is 3.51. The molecule has 3 rings (SSSR count). The van der Waals surface area contributed by atoms with Gasteiger partial charge in [0.05, 0.1) is 11.4 Å². The van der Waals surface area contributed by atoms with Gasteiger partial charge < -0.3 is 5.32 Å². The first-order valence-electron chi connectivity index (χ1n) is 8.27. The van der Waals surface area contributed by atoms with Crippen LogP contribution in [0.5, 0.6) is 0 Å². The third-order valence-corrected chi connectivity index (χ3v) is 6.28. The number of anilines is 2. The molecule has 2 aromatic rings.